The first-order chi connectivity index (χ1) is 9.95. The molecule has 1 aliphatic carbocycles. The van der Waals surface area contributed by atoms with Crippen LogP contribution in [0.5, 0.6) is 0 Å². The molecule has 0 aromatic carbocycles. The van der Waals surface area contributed by atoms with Crippen molar-refractivity contribution in [2.45, 2.75) is 50.6 Å². The SMILES string of the molecule is O=C(O)NC1CCC(NC(=O)ON2C(=O)CCC2=O)CC1. The van der Waals surface area contributed by atoms with Crippen molar-refractivity contribution < 1.29 is 29.1 Å². The van der Waals surface area contributed by atoms with Gasteiger partial charge < -0.3 is 20.6 Å². The van der Waals surface area contributed by atoms with E-state index in [2.05, 4.69) is 10.6 Å². The summed E-state index contributed by atoms with van der Waals surface area (Å²) in [6.45, 7) is 0. The highest BCUT2D eigenvalue weighted by molar-refractivity contribution is 6.01. The van der Waals surface area contributed by atoms with Gasteiger partial charge in [0.2, 0.25) is 0 Å². The Hall–Kier alpha value is -2.32. The number of carboxylic acid groups (broad SMARTS) is 1. The molecule has 2 fully saturated rings. The number of hydrogen-bond donors (Lipinski definition) is 3. The van der Waals surface area contributed by atoms with Crippen molar-refractivity contribution in [2.75, 3.05) is 0 Å². The van der Waals surface area contributed by atoms with Gasteiger partial charge in [0, 0.05) is 24.9 Å². The highest BCUT2D eigenvalue weighted by atomic mass is 16.7. The number of carbonyl (C=O) groups excluding carboxylic acids is 3. The average Bonchev–Trinajstić information content (AvgIpc) is 2.72. The molecule has 1 saturated carbocycles. The lowest BCUT2D eigenvalue weighted by atomic mass is 9.91. The molecule has 9 heteroatoms. The lowest BCUT2D eigenvalue weighted by Gasteiger charge is -2.28. The van der Waals surface area contributed by atoms with Crippen LogP contribution < -0.4 is 10.6 Å². The molecule has 1 heterocycles. The summed E-state index contributed by atoms with van der Waals surface area (Å²) in [7, 11) is 0. The molecule has 0 atom stereocenters. The number of nitrogens with one attached hydrogen (secondary N) is 2. The van der Waals surface area contributed by atoms with Crippen LogP contribution in [0.15, 0.2) is 0 Å². The summed E-state index contributed by atoms with van der Waals surface area (Å²) in [6, 6.07) is -0.268. The van der Waals surface area contributed by atoms with E-state index in [0.717, 1.165) is 0 Å². The Morgan fingerprint density at radius 3 is 1.95 bits per heavy atom. The second-order valence-corrected chi connectivity index (χ2v) is 5.10. The van der Waals surface area contributed by atoms with Crippen LogP contribution in [0, 0.1) is 0 Å². The summed E-state index contributed by atoms with van der Waals surface area (Å²) < 4.78 is 0. The molecule has 3 N–H and O–H groups in total. The van der Waals surface area contributed by atoms with Crippen molar-refractivity contribution in [1.29, 1.82) is 0 Å². The zero-order valence-electron chi connectivity index (χ0n) is 11.3. The standard InChI is InChI=1S/C12H17N3O6/c16-9-5-6-10(17)15(9)21-12(20)14-8-3-1-7(2-4-8)13-11(18)19/h7-8,13H,1-6H2,(H,14,20)(H,18,19). The number of carbonyl (C=O) groups is 4. The predicted molar refractivity (Wildman–Crippen MR) is 67.9 cm³/mol. The molecule has 2 aliphatic rings. The second-order valence-electron chi connectivity index (χ2n) is 5.10. The first kappa shape index (κ1) is 15.1. The van der Waals surface area contributed by atoms with Gasteiger partial charge in [-0.15, -0.1) is 5.06 Å². The van der Waals surface area contributed by atoms with Crippen molar-refractivity contribution in [3.63, 3.8) is 0 Å². The lowest BCUT2D eigenvalue weighted by molar-refractivity contribution is -0.171. The summed E-state index contributed by atoms with van der Waals surface area (Å²) in [4.78, 5) is 49.4. The Morgan fingerprint density at radius 1 is 1.00 bits per heavy atom. The fraction of sp³-hybridized carbons (Fsp3) is 0.667. The van der Waals surface area contributed by atoms with E-state index < -0.39 is 24.0 Å². The molecule has 0 spiro atoms. The first-order valence-electron chi connectivity index (χ1n) is 6.79. The van der Waals surface area contributed by atoms with Crippen molar-refractivity contribution in [3.8, 4) is 0 Å². The van der Waals surface area contributed by atoms with Gasteiger partial charge in [-0.3, -0.25) is 9.59 Å². The smallest absolute Gasteiger partial charge is 0.432 e. The molecule has 0 radical (unpaired) electrons. The fourth-order valence-electron chi connectivity index (χ4n) is 2.49. The van der Waals surface area contributed by atoms with Gasteiger partial charge in [-0.25, -0.2) is 9.59 Å². The Balaban J connectivity index is 1.73. The van der Waals surface area contributed by atoms with Gasteiger partial charge in [0.25, 0.3) is 11.8 Å². The van der Waals surface area contributed by atoms with Crippen LogP contribution in [-0.2, 0) is 14.4 Å². The third-order valence-electron chi connectivity index (χ3n) is 3.56. The van der Waals surface area contributed by atoms with Crippen molar-refractivity contribution in [1.82, 2.24) is 15.7 Å². The summed E-state index contributed by atoms with van der Waals surface area (Å²) in [5.74, 6) is -1.05. The van der Waals surface area contributed by atoms with Crippen LogP contribution in [0.3, 0.4) is 0 Å². The van der Waals surface area contributed by atoms with E-state index in [0.29, 0.717) is 30.7 Å². The van der Waals surface area contributed by atoms with Crippen LogP contribution in [0.4, 0.5) is 9.59 Å². The predicted octanol–water partition coefficient (Wildman–Crippen LogP) is 0.355. The van der Waals surface area contributed by atoms with Gasteiger partial charge in [-0.1, -0.05) is 0 Å². The normalized spacial score (nSPS) is 25.6. The maximum absolute atomic E-state index is 11.6. The number of amides is 4. The third kappa shape index (κ3) is 4.07. The lowest BCUT2D eigenvalue weighted by Crippen LogP contribution is -2.45. The molecule has 0 aromatic rings. The fourth-order valence-corrected chi connectivity index (χ4v) is 2.49. The Labute approximate surface area is 120 Å². The minimum Gasteiger partial charge on any atom is -0.465 e. The van der Waals surface area contributed by atoms with E-state index in [1.54, 1.807) is 0 Å². The molecule has 4 amide bonds. The molecule has 0 bridgehead atoms. The number of hydrogen-bond acceptors (Lipinski definition) is 5. The Bertz CT molecular complexity index is 442. The Kier molecular flexibility index (Phi) is 4.61. The van der Waals surface area contributed by atoms with Gasteiger partial charge >= 0.3 is 12.2 Å². The molecule has 9 nitrogen and oxygen atoms in total. The molecule has 0 aromatic heterocycles. The van der Waals surface area contributed by atoms with E-state index >= 15 is 0 Å². The van der Waals surface area contributed by atoms with Crippen LogP contribution in [0.25, 0.3) is 0 Å². The number of imide groups is 1. The van der Waals surface area contributed by atoms with Crippen molar-refractivity contribution in [2.24, 2.45) is 0 Å². The van der Waals surface area contributed by atoms with Crippen LogP contribution in [0.2, 0.25) is 0 Å². The monoisotopic (exact) mass is 299 g/mol. The van der Waals surface area contributed by atoms with Gasteiger partial charge in [-0.05, 0) is 25.7 Å². The summed E-state index contributed by atoms with van der Waals surface area (Å²) in [6.07, 6.45) is 0.627. The zero-order chi connectivity index (χ0) is 15.4. The third-order valence-corrected chi connectivity index (χ3v) is 3.56. The molecule has 116 valence electrons. The molecular formula is C12H17N3O6. The summed E-state index contributed by atoms with van der Waals surface area (Å²) >= 11 is 0. The molecule has 21 heavy (non-hydrogen) atoms. The molecule has 1 aliphatic heterocycles. The maximum Gasteiger partial charge on any atom is 0.432 e. The van der Waals surface area contributed by atoms with Gasteiger partial charge in [0.05, 0.1) is 0 Å². The van der Waals surface area contributed by atoms with Crippen molar-refractivity contribution in [3.05, 3.63) is 0 Å². The van der Waals surface area contributed by atoms with Crippen molar-refractivity contribution >= 4 is 24.0 Å². The minimum atomic E-state index is -1.06. The molecular weight excluding hydrogens is 282 g/mol. The van der Waals surface area contributed by atoms with Crippen LogP contribution in [0.1, 0.15) is 38.5 Å². The van der Waals surface area contributed by atoms with Gasteiger partial charge in [0.1, 0.15) is 0 Å². The van der Waals surface area contributed by atoms with E-state index in [9.17, 15) is 19.2 Å². The topological polar surface area (TPSA) is 125 Å². The molecule has 0 unspecified atom stereocenters. The van der Waals surface area contributed by atoms with E-state index in [4.69, 9.17) is 9.94 Å². The number of rotatable bonds is 3. The maximum atomic E-state index is 11.6. The molecule has 1 saturated heterocycles. The number of nitrogens with zero attached hydrogens (tertiary/aromatic N) is 1. The van der Waals surface area contributed by atoms with Crippen LogP contribution in [-0.4, -0.2) is 46.3 Å². The van der Waals surface area contributed by atoms with E-state index in [-0.39, 0.29) is 24.9 Å². The first-order valence-corrected chi connectivity index (χ1v) is 6.79. The largest absolute Gasteiger partial charge is 0.465 e. The van der Waals surface area contributed by atoms with Crippen LogP contribution >= 0.6 is 0 Å². The van der Waals surface area contributed by atoms with Gasteiger partial charge in [-0.2, -0.15) is 0 Å². The minimum absolute atomic E-state index is 0.0537. The van der Waals surface area contributed by atoms with E-state index in [1.807, 2.05) is 0 Å². The summed E-state index contributed by atoms with van der Waals surface area (Å²) in [5.41, 5.74) is 0. The zero-order valence-corrected chi connectivity index (χ0v) is 11.3. The second kappa shape index (κ2) is 6.42. The highest BCUT2D eigenvalue weighted by Crippen LogP contribution is 2.19. The quantitative estimate of drug-likeness (QED) is 0.646. The molecule has 2 rings (SSSR count). The average molecular weight is 299 g/mol. The highest BCUT2D eigenvalue weighted by Gasteiger charge is 2.33. The number of hydroxylamine groups is 2. The van der Waals surface area contributed by atoms with E-state index in [1.165, 1.54) is 0 Å². The Morgan fingerprint density at radius 2 is 1.48 bits per heavy atom. The van der Waals surface area contributed by atoms with Gasteiger partial charge in [0.15, 0.2) is 0 Å². The summed E-state index contributed by atoms with van der Waals surface area (Å²) in [5, 5.41) is 14.1.